The minimum absolute atomic E-state index is 0.00864. The summed E-state index contributed by atoms with van der Waals surface area (Å²) in [5, 5.41) is 2.60. The third kappa shape index (κ3) is 5.54. The number of alkyl carbamates (subject to hydrolysis) is 1. The molecule has 0 bridgehead atoms. The van der Waals surface area contributed by atoms with E-state index in [1.807, 2.05) is 54.6 Å². The molecule has 0 radical (unpaired) electrons. The number of nitrogens with one attached hydrogen (secondary N) is 1. The van der Waals surface area contributed by atoms with Gasteiger partial charge in [0.05, 0.1) is 0 Å². The van der Waals surface area contributed by atoms with E-state index in [-0.39, 0.29) is 18.7 Å². The summed E-state index contributed by atoms with van der Waals surface area (Å²) in [5.41, 5.74) is 2.28. The zero-order chi connectivity index (χ0) is 17.6. The van der Waals surface area contributed by atoms with Gasteiger partial charge in [0.15, 0.2) is 5.78 Å². The molecule has 24 heavy (non-hydrogen) atoms. The number of ketones is 1. The Labute approximate surface area is 142 Å². The molecule has 4 heteroatoms. The summed E-state index contributed by atoms with van der Waals surface area (Å²) in [6.07, 6.45) is -0.265. The van der Waals surface area contributed by atoms with E-state index in [1.165, 1.54) is 0 Å². The van der Waals surface area contributed by atoms with Crippen LogP contribution < -0.4 is 5.32 Å². The standard InChI is InChI=1S/C20H23NO3/c1-20(2,3)24-19(23)21-14-13-18(22)17-11-9-16(10-12-17)15-7-5-4-6-8-15/h4-12H,13-14H2,1-3H3,(H,21,23). The fourth-order valence-corrected chi connectivity index (χ4v) is 2.22. The Bertz CT molecular complexity index is 685. The van der Waals surface area contributed by atoms with Gasteiger partial charge < -0.3 is 10.1 Å². The van der Waals surface area contributed by atoms with Crippen LogP contribution in [-0.4, -0.2) is 24.0 Å². The molecule has 0 saturated carbocycles. The first-order valence-electron chi connectivity index (χ1n) is 8.01. The van der Waals surface area contributed by atoms with E-state index in [9.17, 15) is 9.59 Å². The number of rotatable bonds is 5. The predicted molar refractivity (Wildman–Crippen MR) is 95.1 cm³/mol. The molecule has 0 aliphatic rings. The average Bonchev–Trinajstić information content (AvgIpc) is 2.54. The van der Waals surface area contributed by atoms with Gasteiger partial charge in [-0.15, -0.1) is 0 Å². The van der Waals surface area contributed by atoms with Crippen molar-refractivity contribution < 1.29 is 14.3 Å². The summed E-state index contributed by atoms with van der Waals surface area (Å²) < 4.78 is 5.13. The van der Waals surface area contributed by atoms with Crippen LogP contribution in [0.4, 0.5) is 4.79 Å². The van der Waals surface area contributed by atoms with E-state index in [2.05, 4.69) is 5.32 Å². The van der Waals surface area contributed by atoms with Crippen molar-refractivity contribution in [2.24, 2.45) is 0 Å². The molecule has 0 aliphatic carbocycles. The molecule has 1 amide bonds. The van der Waals surface area contributed by atoms with E-state index in [0.717, 1.165) is 11.1 Å². The van der Waals surface area contributed by atoms with Crippen molar-refractivity contribution in [2.45, 2.75) is 32.8 Å². The van der Waals surface area contributed by atoms with Gasteiger partial charge in [0.2, 0.25) is 0 Å². The van der Waals surface area contributed by atoms with Crippen LogP contribution in [0.15, 0.2) is 54.6 Å². The summed E-state index contributed by atoms with van der Waals surface area (Å²) >= 11 is 0. The Morgan fingerprint density at radius 1 is 0.917 bits per heavy atom. The maximum absolute atomic E-state index is 12.2. The average molecular weight is 325 g/mol. The zero-order valence-electron chi connectivity index (χ0n) is 14.3. The first-order chi connectivity index (χ1) is 11.3. The van der Waals surface area contributed by atoms with Crippen LogP contribution in [0.5, 0.6) is 0 Å². The first-order valence-corrected chi connectivity index (χ1v) is 8.01. The van der Waals surface area contributed by atoms with Gasteiger partial charge in [0.25, 0.3) is 0 Å². The van der Waals surface area contributed by atoms with Gasteiger partial charge in [-0.3, -0.25) is 4.79 Å². The fourth-order valence-electron chi connectivity index (χ4n) is 2.22. The molecular weight excluding hydrogens is 302 g/mol. The van der Waals surface area contributed by atoms with Crippen LogP contribution in [0.2, 0.25) is 0 Å². The van der Waals surface area contributed by atoms with Gasteiger partial charge in [0.1, 0.15) is 5.60 Å². The summed E-state index contributed by atoms with van der Waals surface area (Å²) in [6.45, 7) is 5.65. The SMILES string of the molecule is CC(C)(C)OC(=O)NCCC(=O)c1ccc(-c2ccccc2)cc1. The Balaban J connectivity index is 1.86. The highest BCUT2D eigenvalue weighted by molar-refractivity contribution is 5.96. The lowest BCUT2D eigenvalue weighted by molar-refractivity contribution is 0.0527. The lowest BCUT2D eigenvalue weighted by Crippen LogP contribution is -2.33. The van der Waals surface area contributed by atoms with Crippen molar-refractivity contribution in [2.75, 3.05) is 6.54 Å². The van der Waals surface area contributed by atoms with Gasteiger partial charge in [-0.2, -0.15) is 0 Å². The normalized spacial score (nSPS) is 11.0. The molecule has 2 rings (SSSR count). The third-order valence-corrected chi connectivity index (χ3v) is 3.33. The second-order valence-electron chi connectivity index (χ2n) is 6.55. The molecule has 0 aliphatic heterocycles. The number of benzene rings is 2. The number of Topliss-reactive ketones (excluding diaryl/α,β-unsaturated/α-hetero) is 1. The molecule has 0 unspecified atom stereocenters. The third-order valence-electron chi connectivity index (χ3n) is 3.33. The molecule has 0 fully saturated rings. The van der Waals surface area contributed by atoms with Crippen molar-refractivity contribution in [3.05, 3.63) is 60.2 Å². The smallest absolute Gasteiger partial charge is 0.407 e. The Kier molecular flexibility index (Phi) is 5.74. The molecule has 2 aromatic rings. The molecule has 0 atom stereocenters. The van der Waals surface area contributed by atoms with Crippen molar-refractivity contribution >= 4 is 11.9 Å². The van der Waals surface area contributed by atoms with Gasteiger partial charge in [-0.25, -0.2) is 4.79 Å². The number of amides is 1. The second kappa shape index (κ2) is 7.77. The quantitative estimate of drug-likeness (QED) is 0.826. The number of carbonyl (C=O) groups is 2. The zero-order valence-corrected chi connectivity index (χ0v) is 14.3. The van der Waals surface area contributed by atoms with Gasteiger partial charge in [0, 0.05) is 18.5 Å². The second-order valence-corrected chi connectivity index (χ2v) is 6.55. The van der Waals surface area contributed by atoms with E-state index < -0.39 is 11.7 Å². The van der Waals surface area contributed by atoms with Crippen molar-refractivity contribution in [1.29, 1.82) is 0 Å². The Morgan fingerprint density at radius 3 is 2.08 bits per heavy atom. The number of hydrogen-bond donors (Lipinski definition) is 1. The predicted octanol–water partition coefficient (Wildman–Crippen LogP) is 4.45. The minimum Gasteiger partial charge on any atom is -0.444 e. The number of ether oxygens (including phenoxy) is 1. The molecule has 0 saturated heterocycles. The number of hydrogen-bond acceptors (Lipinski definition) is 3. The maximum atomic E-state index is 12.2. The largest absolute Gasteiger partial charge is 0.444 e. The fraction of sp³-hybridized carbons (Fsp3) is 0.300. The monoisotopic (exact) mass is 325 g/mol. The summed E-state index contributed by atoms with van der Waals surface area (Å²) in [6, 6.07) is 17.5. The lowest BCUT2D eigenvalue weighted by Gasteiger charge is -2.19. The van der Waals surface area contributed by atoms with Gasteiger partial charge in [-0.1, -0.05) is 54.6 Å². The molecule has 2 aromatic carbocycles. The lowest BCUT2D eigenvalue weighted by atomic mass is 10.0. The molecule has 4 nitrogen and oxygen atoms in total. The molecular formula is C20H23NO3. The van der Waals surface area contributed by atoms with Crippen LogP contribution in [0, 0.1) is 0 Å². The highest BCUT2D eigenvalue weighted by atomic mass is 16.6. The maximum Gasteiger partial charge on any atom is 0.407 e. The van der Waals surface area contributed by atoms with E-state index in [4.69, 9.17) is 4.74 Å². The van der Waals surface area contributed by atoms with Crippen LogP contribution in [-0.2, 0) is 4.74 Å². The Hall–Kier alpha value is -2.62. The summed E-state index contributed by atoms with van der Waals surface area (Å²) in [7, 11) is 0. The van der Waals surface area contributed by atoms with E-state index in [0.29, 0.717) is 5.56 Å². The molecule has 0 aromatic heterocycles. The molecule has 0 heterocycles. The van der Waals surface area contributed by atoms with Gasteiger partial charge in [-0.05, 0) is 31.9 Å². The summed E-state index contributed by atoms with van der Waals surface area (Å²) in [5.74, 6) is -0.00864. The summed E-state index contributed by atoms with van der Waals surface area (Å²) in [4.78, 5) is 23.7. The van der Waals surface area contributed by atoms with E-state index in [1.54, 1.807) is 20.8 Å². The van der Waals surface area contributed by atoms with Crippen molar-refractivity contribution in [1.82, 2.24) is 5.32 Å². The van der Waals surface area contributed by atoms with Crippen molar-refractivity contribution in [3.63, 3.8) is 0 Å². The minimum atomic E-state index is -0.540. The first kappa shape index (κ1) is 17.7. The van der Waals surface area contributed by atoms with Crippen LogP contribution >= 0.6 is 0 Å². The molecule has 1 N–H and O–H groups in total. The van der Waals surface area contributed by atoms with Crippen LogP contribution in [0.25, 0.3) is 11.1 Å². The topological polar surface area (TPSA) is 55.4 Å². The molecule has 126 valence electrons. The Morgan fingerprint density at radius 2 is 1.50 bits per heavy atom. The van der Waals surface area contributed by atoms with Gasteiger partial charge >= 0.3 is 6.09 Å². The van der Waals surface area contributed by atoms with Crippen LogP contribution in [0.1, 0.15) is 37.6 Å². The van der Waals surface area contributed by atoms with E-state index >= 15 is 0 Å². The highest BCUT2D eigenvalue weighted by Crippen LogP contribution is 2.19. The number of carbonyl (C=O) groups excluding carboxylic acids is 2. The van der Waals surface area contributed by atoms with Crippen molar-refractivity contribution in [3.8, 4) is 11.1 Å². The molecule has 0 spiro atoms. The van der Waals surface area contributed by atoms with Crippen LogP contribution in [0.3, 0.4) is 0 Å². The highest BCUT2D eigenvalue weighted by Gasteiger charge is 2.16.